The average Bonchev–Trinajstić information content (AvgIpc) is 1.53. The second-order valence-corrected chi connectivity index (χ2v) is 31.9. The minimum atomic E-state index is -2.77. The number of primary amides is 1. The zero-order valence-corrected chi connectivity index (χ0v) is 63.6. The van der Waals surface area contributed by atoms with Gasteiger partial charge in [-0.05, 0) is 67.7 Å². The second-order valence-electron chi connectivity index (χ2n) is 27.6. The number of carbonyl (C=O) groups is 10. The highest BCUT2D eigenvalue weighted by molar-refractivity contribution is 6.99. The summed E-state index contributed by atoms with van der Waals surface area (Å²) in [4.78, 5) is 133. The number of hydrogen-bond donors (Lipinski definition) is 9. The fourth-order valence-electron chi connectivity index (χ4n) is 11.9. The zero-order valence-electron chi connectivity index (χ0n) is 62.6. The van der Waals surface area contributed by atoms with Crippen LogP contribution in [0, 0.1) is 5.41 Å². The topological polar surface area (TPSA) is 382 Å². The van der Waals surface area contributed by atoms with Gasteiger partial charge in [0.15, 0.2) is 0 Å². The highest BCUT2D eigenvalue weighted by Gasteiger charge is 2.50. The van der Waals surface area contributed by atoms with Crippen molar-refractivity contribution in [1.29, 1.82) is 0 Å². The van der Waals surface area contributed by atoms with Crippen LogP contribution in [0.1, 0.15) is 99.0 Å². The van der Waals surface area contributed by atoms with E-state index in [2.05, 4.69) is 123 Å². The number of esters is 3. The van der Waals surface area contributed by atoms with Gasteiger partial charge in [-0.1, -0.05) is 185 Å². The molecule has 0 aliphatic rings. The number of amides is 7. The van der Waals surface area contributed by atoms with Gasteiger partial charge in [0, 0.05) is 58.8 Å². The molecule has 0 spiro atoms. The summed E-state index contributed by atoms with van der Waals surface area (Å²) in [5.74, 6) is -6.48. The molecule has 5 atom stereocenters. The summed E-state index contributed by atoms with van der Waals surface area (Å²) in [6, 6.07) is 48.4. The van der Waals surface area contributed by atoms with Crippen molar-refractivity contribution in [2.24, 2.45) is 11.1 Å². The number of H-pyrrole nitrogens is 1. The molecular weight excluding hydrogens is 1420 g/mol. The highest BCUT2D eigenvalue weighted by Crippen LogP contribution is 2.37. The molecule has 27 nitrogen and oxygen atoms in total. The van der Waals surface area contributed by atoms with Crippen LogP contribution in [0.15, 0.2) is 176 Å². The molecule has 6 aromatic carbocycles. The third kappa shape index (κ3) is 29.1. The van der Waals surface area contributed by atoms with Crippen molar-refractivity contribution < 1.29 is 85.9 Å². The van der Waals surface area contributed by atoms with E-state index in [0.29, 0.717) is 31.6 Å². The van der Waals surface area contributed by atoms with Gasteiger partial charge in [0.25, 0.3) is 8.32 Å². The lowest BCUT2D eigenvalue weighted by atomic mass is 9.92. The number of nitrogens with one attached hydrogen (secondary N) is 7. The SMILES string of the molecule is CC(=O)N[C@@H](C)C(=O)N[C@@H](Cc1c[nH]cn1)C(=O)NCC(=O)OCCc1ccc(COCC(COCc2ccc(CCOC(=O)CNC(=O)[C@H](CO)NC(=O)[C@H](Cc3ccccc3)NC(C)=O)cc2)(COCc2ccc(CCO[Si](c3ccccc3)(c3ccccc3)C(C)(C)C)cc2)COC(=O)CCC(N)=O)cc1. The molecule has 0 aliphatic heterocycles. The van der Waals surface area contributed by atoms with Crippen LogP contribution in [-0.4, -0.2) is 173 Å². The Morgan fingerprint density at radius 2 is 0.908 bits per heavy atom. The van der Waals surface area contributed by atoms with E-state index >= 15 is 0 Å². The molecule has 109 heavy (non-hydrogen) atoms. The summed E-state index contributed by atoms with van der Waals surface area (Å²) >= 11 is 0. The number of aromatic nitrogens is 2. The molecule has 582 valence electrons. The van der Waals surface area contributed by atoms with E-state index in [-0.39, 0.29) is 90.2 Å². The monoisotopic (exact) mass is 1520 g/mol. The van der Waals surface area contributed by atoms with Crippen LogP contribution in [0.3, 0.4) is 0 Å². The molecular formula is C81H101N9O18Si. The summed E-state index contributed by atoms with van der Waals surface area (Å²) in [6.07, 6.45) is 3.96. The number of aliphatic hydroxyl groups is 1. The van der Waals surface area contributed by atoms with Crippen molar-refractivity contribution in [1.82, 2.24) is 41.9 Å². The summed E-state index contributed by atoms with van der Waals surface area (Å²) in [5.41, 5.74) is 10.7. The molecule has 10 N–H and O–H groups in total. The van der Waals surface area contributed by atoms with Gasteiger partial charge in [-0.3, -0.25) is 47.9 Å². The zero-order chi connectivity index (χ0) is 78.6. The molecule has 1 aromatic heterocycles. The third-order valence-electron chi connectivity index (χ3n) is 17.7. The molecule has 7 amide bonds. The van der Waals surface area contributed by atoms with Crippen LogP contribution in [0.5, 0.6) is 0 Å². The van der Waals surface area contributed by atoms with Gasteiger partial charge >= 0.3 is 17.9 Å². The van der Waals surface area contributed by atoms with E-state index in [9.17, 15) is 53.1 Å². The van der Waals surface area contributed by atoms with Crippen LogP contribution in [0.2, 0.25) is 5.04 Å². The molecule has 0 radical (unpaired) electrons. The Bertz CT molecular complexity index is 4000. The van der Waals surface area contributed by atoms with Crippen molar-refractivity contribution in [3.05, 3.63) is 221 Å². The molecule has 0 fully saturated rings. The van der Waals surface area contributed by atoms with Gasteiger partial charge in [0.1, 0.15) is 43.9 Å². The van der Waals surface area contributed by atoms with Gasteiger partial charge < -0.3 is 80.6 Å². The molecule has 7 aromatic rings. The lowest BCUT2D eigenvalue weighted by Crippen LogP contribution is -2.66. The maximum Gasteiger partial charge on any atom is 0.325 e. The van der Waals surface area contributed by atoms with Crippen molar-refractivity contribution in [3.63, 3.8) is 0 Å². The van der Waals surface area contributed by atoms with Crippen molar-refractivity contribution >= 4 is 77.9 Å². The van der Waals surface area contributed by atoms with E-state index in [1.165, 1.54) is 37.5 Å². The molecule has 0 saturated heterocycles. The van der Waals surface area contributed by atoms with Gasteiger partial charge in [-0.25, -0.2) is 4.98 Å². The molecule has 1 heterocycles. The number of hydrogen-bond acceptors (Lipinski definition) is 19. The van der Waals surface area contributed by atoms with Gasteiger partial charge in [0.2, 0.25) is 41.4 Å². The Hall–Kier alpha value is -10.8. The first kappa shape index (κ1) is 85.5. The number of rotatable bonds is 46. The lowest BCUT2D eigenvalue weighted by Gasteiger charge is -2.43. The molecule has 0 saturated carbocycles. The molecule has 1 unspecified atom stereocenters. The number of aromatic amines is 1. The summed E-state index contributed by atoms with van der Waals surface area (Å²) in [7, 11) is -2.77. The van der Waals surface area contributed by atoms with Gasteiger partial charge in [-0.2, -0.15) is 0 Å². The fourth-order valence-corrected chi connectivity index (χ4v) is 16.5. The van der Waals surface area contributed by atoms with E-state index in [1.54, 1.807) is 30.5 Å². The number of aliphatic hydroxyl groups excluding tert-OH is 1. The number of benzene rings is 6. The first-order valence-corrected chi connectivity index (χ1v) is 38.0. The minimum absolute atomic E-state index is 0.00815. The number of nitrogens with two attached hydrogens (primary N) is 1. The number of imidazole rings is 1. The van der Waals surface area contributed by atoms with E-state index in [4.69, 9.17) is 38.6 Å². The Labute approximate surface area is 636 Å². The summed E-state index contributed by atoms with van der Waals surface area (Å²) < 4.78 is 43.3. The van der Waals surface area contributed by atoms with Crippen molar-refractivity contribution in [2.75, 3.05) is 65.9 Å². The van der Waals surface area contributed by atoms with E-state index in [0.717, 1.165) is 38.9 Å². The van der Waals surface area contributed by atoms with E-state index in [1.807, 2.05) is 78.9 Å². The van der Waals surface area contributed by atoms with Crippen LogP contribution in [-0.2, 0) is 133 Å². The fraction of sp³-hybridized carbons (Fsp3) is 0.395. The Morgan fingerprint density at radius 1 is 0.477 bits per heavy atom. The number of ether oxygens (including phenoxy) is 6. The number of carbonyl (C=O) groups excluding carboxylic acids is 10. The van der Waals surface area contributed by atoms with Gasteiger partial charge in [-0.15, -0.1) is 0 Å². The molecule has 7 rings (SSSR count). The first-order valence-electron chi connectivity index (χ1n) is 36.1. The van der Waals surface area contributed by atoms with Crippen molar-refractivity contribution in [2.45, 2.75) is 136 Å². The molecule has 28 heteroatoms. The molecule has 0 bridgehead atoms. The number of nitrogens with zero attached hydrogens (tertiary/aromatic N) is 1. The second kappa shape index (κ2) is 43.9. The Kier molecular flexibility index (Phi) is 34.4. The standard InChI is InChI=1S/C81H101N9O18Si/c1-56(87-57(2)92)76(98)89-70(43-66-44-83-55-86-66)77(99)84-45-74(96)105-39-36-59-22-28-63(29-23-59)48-102-51-81(54-107-73(95)35-34-72(82)94,53-104-50-65-32-26-61(27-33-65)38-41-108-109(80(4,5)6,67-18-12-8-13-19-67)68-20-14-9-15-21-68)52-103-49-64-30-24-60(25-31-64)37-40-106-75(97)46-85-78(100)71(47-91)90-79(101)69(88-58(3)93)42-62-16-10-7-11-17-62/h7-33,44,55-56,69-71,91H,34-43,45-54H2,1-6H3,(H2,82,94)(H,83,86)(H,84,99)(H,85,100)(H,87,92)(H,88,93)(H,89,98)(H,90,101)/t56-,69-,70-,71-,81?/m0/s1. The van der Waals surface area contributed by atoms with E-state index < -0.39 is 117 Å². The van der Waals surface area contributed by atoms with Crippen LogP contribution in [0.25, 0.3) is 0 Å². The predicted octanol–water partition coefficient (Wildman–Crippen LogP) is 4.15. The van der Waals surface area contributed by atoms with Crippen LogP contribution < -0.4 is 48.0 Å². The third-order valence-corrected chi connectivity index (χ3v) is 22.7. The first-order chi connectivity index (χ1) is 52.3. The lowest BCUT2D eigenvalue weighted by molar-refractivity contribution is -0.158. The summed E-state index contributed by atoms with van der Waals surface area (Å²) in [6.45, 7) is 9.46. The smallest absolute Gasteiger partial charge is 0.325 e. The Morgan fingerprint density at radius 3 is 1.34 bits per heavy atom. The van der Waals surface area contributed by atoms with Crippen LogP contribution in [0.4, 0.5) is 0 Å². The Balaban J connectivity index is 0.968. The summed E-state index contributed by atoms with van der Waals surface area (Å²) in [5, 5.41) is 27.2. The van der Waals surface area contributed by atoms with Crippen molar-refractivity contribution in [3.8, 4) is 0 Å². The highest BCUT2D eigenvalue weighted by atomic mass is 28.4. The van der Waals surface area contributed by atoms with Crippen LogP contribution >= 0.6 is 0 Å². The maximum atomic E-state index is 13.2. The average molecular weight is 1520 g/mol. The largest absolute Gasteiger partial charge is 0.465 e. The maximum absolute atomic E-state index is 13.2. The quantitative estimate of drug-likeness (QED) is 0.0147. The minimum Gasteiger partial charge on any atom is -0.465 e. The normalized spacial score (nSPS) is 13.0. The molecule has 0 aliphatic carbocycles. The predicted molar refractivity (Wildman–Crippen MR) is 407 cm³/mol. The van der Waals surface area contributed by atoms with Gasteiger partial charge in [0.05, 0.1) is 83.3 Å².